The van der Waals surface area contributed by atoms with Crippen molar-refractivity contribution in [2.45, 2.75) is 32.2 Å². The third kappa shape index (κ3) is 3.90. The minimum Gasteiger partial charge on any atom is -0.478 e. The molecule has 7 nitrogen and oxygen atoms in total. The van der Waals surface area contributed by atoms with Gasteiger partial charge >= 0.3 is 5.97 Å². The number of carboxylic acid groups (broad SMARTS) is 1. The third-order valence-electron chi connectivity index (χ3n) is 5.78. The predicted octanol–water partition coefficient (Wildman–Crippen LogP) is 3.96. The zero-order valence-electron chi connectivity index (χ0n) is 18.0. The number of anilines is 2. The van der Waals surface area contributed by atoms with Crippen molar-refractivity contribution in [3.05, 3.63) is 63.4 Å². The number of fused-ring (bicyclic) bond motifs is 1. The second-order valence-corrected chi connectivity index (χ2v) is 8.27. The number of nitrogens with zero attached hydrogens (tertiary/aromatic N) is 3. The Bertz CT molecular complexity index is 1270. The SMILES string of the molecule is Cc1cc([C@@H](C)Nc2ccccc2C(=O)O)c2nc(N3CCC(F)(F)C3)n(C)c(=O)c2c1. The van der Waals surface area contributed by atoms with Gasteiger partial charge in [-0.3, -0.25) is 9.36 Å². The van der Waals surface area contributed by atoms with Crippen LogP contribution in [0.2, 0.25) is 0 Å². The van der Waals surface area contributed by atoms with Gasteiger partial charge in [-0.15, -0.1) is 0 Å². The van der Waals surface area contributed by atoms with Crippen molar-refractivity contribution in [1.29, 1.82) is 0 Å². The maximum absolute atomic E-state index is 13.8. The third-order valence-corrected chi connectivity index (χ3v) is 5.78. The highest BCUT2D eigenvalue weighted by Crippen LogP contribution is 2.32. The average Bonchev–Trinajstić information content (AvgIpc) is 3.10. The summed E-state index contributed by atoms with van der Waals surface area (Å²) in [5.41, 5.74) is 2.18. The van der Waals surface area contributed by atoms with Gasteiger partial charge in [-0.1, -0.05) is 18.2 Å². The van der Waals surface area contributed by atoms with E-state index in [4.69, 9.17) is 0 Å². The molecule has 3 aromatic rings. The van der Waals surface area contributed by atoms with Crippen LogP contribution in [0.4, 0.5) is 20.4 Å². The molecular formula is C23H24F2N4O3. The van der Waals surface area contributed by atoms with Crippen molar-refractivity contribution in [1.82, 2.24) is 9.55 Å². The molecule has 1 fully saturated rings. The van der Waals surface area contributed by atoms with E-state index >= 15 is 0 Å². The van der Waals surface area contributed by atoms with Crippen LogP contribution in [0.1, 0.15) is 40.9 Å². The van der Waals surface area contributed by atoms with E-state index in [1.165, 1.54) is 22.6 Å². The number of para-hydroxylation sites is 1. The largest absolute Gasteiger partial charge is 0.478 e. The first kappa shape index (κ1) is 21.7. The molecule has 32 heavy (non-hydrogen) atoms. The summed E-state index contributed by atoms with van der Waals surface area (Å²) in [6.07, 6.45) is -0.286. The molecular weight excluding hydrogens is 418 g/mol. The molecule has 0 amide bonds. The normalized spacial score (nSPS) is 16.3. The van der Waals surface area contributed by atoms with Crippen LogP contribution in [0.3, 0.4) is 0 Å². The van der Waals surface area contributed by atoms with Crippen molar-refractivity contribution in [3.8, 4) is 0 Å². The van der Waals surface area contributed by atoms with Crippen LogP contribution in [0.5, 0.6) is 0 Å². The Morgan fingerprint density at radius 3 is 2.66 bits per heavy atom. The van der Waals surface area contributed by atoms with E-state index in [1.54, 1.807) is 24.3 Å². The number of benzene rings is 2. The van der Waals surface area contributed by atoms with Crippen molar-refractivity contribution in [2.24, 2.45) is 7.05 Å². The van der Waals surface area contributed by atoms with Gasteiger partial charge in [0.2, 0.25) is 5.95 Å². The van der Waals surface area contributed by atoms with E-state index in [9.17, 15) is 23.5 Å². The van der Waals surface area contributed by atoms with Gasteiger partial charge in [-0.2, -0.15) is 0 Å². The number of aromatic nitrogens is 2. The molecule has 0 bridgehead atoms. The number of alkyl halides is 2. The van der Waals surface area contributed by atoms with Gasteiger partial charge in [-0.05, 0) is 37.6 Å². The zero-order valence-corrected chi connectivity index (χ0v) is 18.0. The summed E-state index contributed by atoms with van der Waals surface area (Å²) in [5, 5.41) is 13.1. The number of carbonyl (C=O) groups is 1. The topological polar surface area (TPSA) is 87.5 Å². The number of rotatable bonds is 5. The van der Waals surface area contributed by atoms with Crippen molar-refractivity contribution in [2.75, 3.05) is 23.3 Å². The van der Waals surface area contributed by atoms with E-state index in [1.807, 2.05) is 19.9 Å². The molecule has 1 atom stereocenters. The predicted molar refractivity (Wildman–Crippen MR) is 119 cm³/mol. The number of aromatic carboxylic acids is 1. The first-order chi connectivity index (χ1) is 15.1. The minimum atomic E-state index is -2.82. The van der Waals surface area contributed by atoms with Crippen LogP contribution < -0.4 is 15.8 Å². The molecule has 0 aliphatic carbocycles. The Balaban J connectivity index is 1.83. The lowest BCUT2D eigenvalue weighted by molar-refractivity contribution is 0.0256. The summed E-state index contributed by atoms with van der Waals surface area (Å²) >= 11 is 0. The molecule has 1 aromatic heterocycles. The number of hydrogen-bond donors (Lipinski definition) is 2. The summed E-state index contributed by atoms with van der Waals surface area (Å²) < 4.78 is 28.9. The molecule has 2 N–H and O–H groups in total. The van der Waals surface area contributed by atoms with Gasteiger partial charge in [0.1, 0.15) is 0 Å². The first-order valence-electron chi connectivity index (χ1n) is 10.3. The van der Waals surface area contributed by atoms with Crippen LogP contribution in [0.15, 0.2) is 41.2 Å². The van der Waals surface area contributed by atoms with Crippen LogP contribution >= 0.6 is 0 Å². The number of halogens is 2. The molecule has 9 heteroatoms. The monoisotopic (exact) mass is 442 g/mol. The molecule has 1 saturated heterocycles. The van der Waals surface area contributed by atoms with Crippen molar-refractivity contribution < 1.29 is 18.7 Å². The second kappa shape index (κ2) is 7.89. The summed E-state index contributed by atoms with van der Waals surface area (Å²) in [6, 6.07) is 9.76. The molecule has 1 aliphatic heterocycles. The minimum absolute atomic E-state index is 0.111. The molecule has 2 aromatic carbocycles. The van der Waals surface area contributed by atoms with Crippen LogP contribution in [0.25, 0.3) is 10.9 Å². The average molecular weight is 442 g/mol. The summed E-state index contributed by atoms with van der Waals surface area (Å²) in [5.74, 6) is -3.68. The Hall–Kier alpha value is -3.49. The summed E-state index contributed by atoms with van der Waals surface area (Å²) in [4.78, 5) is 30.8. The van der Waals surface area contributed by atoms with Crippen molar-refractivity contribution in [3.63, 3.8) is 0 Å². The van der Waals surface area contributed by atoms with E-state index in [0.29, 0.717) is 22.2 Å². The van der Waals surface area contributed by atoms with Crippen LogP contribution in [0, 0.1) is 6.92 Å². The Morgan fingerprint density at radius 1 is 1.28 bits per heavy atom. The summed E-state index contributed by atoms with van der Waals surface area (Å²) in [7, 11) is 1.54. The van der Waals surface area contributed by atoms with Crippen LogP contribution in [-0.4, -0.2) is 39.6 Å². The highest BCUT2D eigenvalue weighted by atomic mass is 19.3. The molecule has 168 valence electrons. The van der Waals surface area contributed by atoms with E-state index in [-0.39, 0.29) is 30.0 Å². The van der Waals surface area contributed by atoms with Crippen molar-refractivity contribution >= 4 is 28.5 Å². The molecule has 4 rings (SSSR count). The highest BCUT2D eigenvalue weighted by Gasteiger charge is 2.39. The fourth-order valence-electron chi connectivity index (χ4n) is 4.17. The summed E-state index contributed by atoms with van der Waals surface area (Å²) in [6.45, 7) is 3.32. The lowest BCUT2D eigenvalue weighted by Crippen LogP contribution is -2.32. The van der Waals surface area contributed by atoms with Gasteiger partial charge < -0.3 is 15.3 Å². The molecule has 0 saturated carbocycles. The fraction of sp³-hybridized carbons (Fsp3) is 0.348. The number of hydrogen-bond acceptors (Lipinski definition) is 5. The molecule has 0 radical (unpaired) electrons. The number of nitrogens with one attached hydrogen (secondary N) is 1. The van der Waals surface area contributed by atoms with Gasteiger partial charge in [0.05, 0.1) is 29.1 Å². The smallest absolute Gasteiger partial charge is 0.337 e. The lowest BCUT2D eigenvalue weighted by atomic mass is 10.0. The molecule has 2 heterocycles. The number of aryl methyl sites for hydroxylation is 1. The van der Waals surface area contributed by atoms with Gasteiger partial charge in [0.15, 0.2) is 0 Å². The zero-order chi connectivity index (χ0) is 23.2. The first-order valence-corrected chi connectivity index (χ1v) is 10.3. The lowest BCUT2D eigenvalue weighted by Gasteiger charge is -2.23. The van der Waals surface area contributed by atoms with Crippen LogP contribution in [-0.2, 0) is 7.05 Å². The maximum atomic E-state index is 13.8. The molecule has 1 aliphatic rings. The number of carboxylic acids is 1. The van der Waals surface area contributed by atoms with Gasteiger partial charge in [-0.25, -0.2) is 18.6 Å². The second-order valence-electron chi connectivity index (χ2n) is 8.27. The van der Waals surface area contributed by atoms with E-state index < -0.39 is 24.5 Å². The van der Waals surface area contributed by atoms with E-state index in [2.05, 4.69) is 10.3 Å². The quantitative estimate of drug-likeness (QED) is 0.622. The molecule has 0 spiro atoms. The molecule has 0 unspecified atom stereocenters. The Labute approximate surface area is 183 Å². The fourth-order valence-corrected chi connectivity index (χ4v) is 4.17. The highest BCUT2D eigenvalue weighted by molar-refractivity contribution is 5.94. The van der Waals surface area contributed by atoms with E-state index in [0.717, 1.165) is 5.56 Å². The van der Waals surface area contributed by atoms with Gasteiger partial charge in [0.25, 0.3) is 11.5 Å². The maximum Gasteiger partial charge on any atom is 0.337 e. The Morgan fingerprint density at radius 2 is 2.00 bits per heavy atom. The van der Waals surface area contributed by atoms with Gasteiger partial charge in [0, 0.05) is 31.3 Å². The standard InChI is InChI=1S/C23H24F2N4O3/c1-13-10-16(14(2)26-18-7-5-4-6-15(18)21(31)32)19-17(11-13)20(30)28(3)22(27-19)29-9-8-23(24,25)12-29/h4-7,10-11,14,26H,8-9,12H2,1-3H3,(H,31,32)/t14-/m1/s1. The Kier molecular flexibility index (Phi) is 5.36.